The number of nitrogens with two attached hydrogens (primary N) is 2. The molecule has 5 N–H and O–H groups in total. The van der Waals surface area contributed by atoms with Crippen molar-refractivity contribution in [1.29, 1.82) is 0 Å². The van der Waals surface area contributed by atoms with Crippen LogP contribution in [-0.2, 0) is 15.7 Å². The molecular formula is C24H31N5O3S. The van der Waals surface area contributed by atoms with Crippen LogP contribution in [0.25, 0.3) is 0 Å². The van der Waals surface area contributed by atoms with Crippen LogP contribution < -0.4 is 20.3 Å². The average molecular weight is 470 g/mol. The van der Waals surface area contributed by atoms with Gasteiger partial charge in [-0.15, -0.1) is 0 Å². The molecule has 0 spiro atoms. The van der Waals surface area contributed by atoms with E-state index in [-0.39, 0.29) is 27.7 Å². The predicted octanol–water partition coefficient (Wildman–Crippen LogP) is 3.67. The van der Waals surface area contributed by atoms with Gasteiger partial charge in [0.15, 0.2) is 0 Å². The third kappa shape index (κ3) is 5.55. The highest BCUT2D eigenvalue weighted by Crippen LogP contribution is 2.33. The van der Waals surface area contributed by atoms with Gasteiger partial charge in [-0.25, -0.2) is 14.2 Å². The van der Waals surface area contributed by atoms with Crippen molar-refractivity contribution in [3.05, 3.63) is 70.4 Å². The van der Waals surface area contributed by atoms with Crippen molar-refractivity contribution < 1.29 is 13.7 Å². The van der Waals surface area contributed by atoms with Gasteiger partial charge in [0, 0.05) is 21.4 Å². The Balaban J connectivity index is 2.04. The standard InChI is InChI=1S/C24H31N5O3S/c1-14-12-15(2)21(16(3)13-14)32-23-17(10-11-18(27-23)24(4,5)6)22(30)29-33(26,31)20-9-7-8-19(25)28-20/h7-13,33H,1-6H3,(H2,25,28)(H3,26,29,30,31). The summed E-state index contributed by atoms with van der Waals surface area (Å²) in [5.74, 6) is 0.186. The number of nitrogens with zero attached hydrogens (tertiary/aromatic N) is 2. The summed E-state index contributed by atoms with van der Waals surface area (Å²) < 4.78 is 21.6. The minimum atomic E-state index is -3.84. The molecular weight excluding hydrogens is 438 g/mol. The fourth-order valence-electron chi connectivity index (χ4n) is 3.43. The first-order valence-electron chi connectivity index (χ1n) is 10.5. The van der Waals surface area contributed by atoms with E-state index in [1.807, 2.05) is 53.7 Å². The Labute approximate surface area is 195 Å². The maximum Gasteiger partial charge on any atom is 0.268 e. The molecule has 0 saturated heterocycles. The molecule has 1 amide bonds. The van der Waals surface area contributed by atoms with E-state index in [1.165, 1.54) is 6.07 Å². The van der Waals surface area contributed by atoms with Crippen LogP contribution >= 0.6 is 0 Å². The third-order valence-electron chi connectivity index (χ3n) is 5.04. The Morgan fingerprint density at radius 3 is 2.24 bits per heavy atom. The molecule has 3 aromatic rings. The Bertz CT molecular complexity index is 1240. The normalized spacial score (nSPS) is 12.3. The van der Waals surface area contributed by atoms with Crippen LogP contribution in [0.4, 0.5) is 5.82 Å². The molecule has 2 heterocycles. The SMILES string of the molecule is Cc1cc(C)c(Oc2nc(C(C)(C)C)ccc2C(=O)N[SH](N)(=O)c2cccc(N)n2)c(C)c1. The highest BCUT2D eigenvalue weighted by atomic mass is 32.3. The molecule has 0 aliphatic rings. The molecule has 1 aromatic carbocycles. The van der Waals surface area contributed by atoms with Gasteiger partial charge in [-0.2, -0.15) is 0 Å². The molecule has 0 aliphatic carbocycles. The van der Waals surface area contributed by atoms with E-state index in [9.17, 15) is 9.00 Å². The zero-order chi connectivity index (χ0) is 24.6. The Morgan fingerprint density at radius 1 is 1.03 bits per heavy atom. The van der Waals surface area contributed by atoms with Gasteiger partial charge < -0.3 is 10.5 Å². The largest absolute Gasteiger partial charge is 0.438 e. The second-order valence-corrected chi connectivity index (χ2v) is 11.1. The van der Waals surface area contributed by atoms with E-state index in [0.29, 0.717) is 5.75 Å². The number of carbonyl (C=O) groups is 1. The molecule has 176 valence electrons. The Hall–Kier alpha value is -3.30. The highest BCUT2D eigenvalue weighted by molar-refractivity contribution is 7.99. The summed E-state index contributed by atoms with van der Waals surface area (Å²) in [4.78, 5) is 21.8. The van der Waals surface area contributed by atoms with Gasteiger partial charge in [0.2, 0.25) is 5.88 Å². The number of aryl methyl sites for hydroxylation is 3. The number of nitrogens with one attached hydrogen (secondary N) is 1. The van der Waals surface area contributed by atoms with Crippen molar-refractivity contribution in [2.24, 2.45) is 5.14 Å². The predicted molar refractivity (Wildman–Crippen MR) is 132 cm³/mol. The van der Waals surface area contributed by atoms with Gasteiger partial charge in [-0.05, 0) is 56.2 Å². The summed E-state index contributed by atoms with van der Waals surface area (Å²) in [6, 6.07) is 11.9. The lowest BCUT2D eigenvalue weighted by atomic mass is 9.91. The lowest BCUT2D eigenvalue weighted by Gasteiger charge is -2.23. The summed E-state index contributed by atoms with van der Waals surface area (Å²) in [6.45, 7) is 11.9. The number of aromatic nitrogens is 2. The van der Waals surface area contributed by atoms with Gasteiger partial charge in [0.05, 0.1) is 0 Å². The first kappa shape index (κ1) is 24.3. The summed E-state index contributed by atoms with van der Waals surface area (Å²) in [6.07, 6.45) is 0. The maximum absolute atomic E-state index is 13.2. The first-order valence-corrected chi connectivity index (χ1v) is 12.3. The average Bonchev–Trinajstić information content (AvgIpc) is 2.69. The summed E-state index contributed by atoms with van der Waals surface area (Å²) >= 11 is 0. The van der Waals surface area contributed by atoms with E-state index in [4.69, 9.17) is 15.6 Å². The maximum atomic E-state index is 13.2. The van der Waals surface area contributed by atoms with E-state index < -0.39 is 16.2 Å². The van der Waals surface area contributed by atoms with Crippen molar-refractivity contribution >= 4 is 22.0 Å². The van der Waals surface area contributed by atoms with Crippen molar-refractivity contribution in [2.45, 2.75) is 52.0 Å². The molecule has 0 unspecified atom stereocenters. The van der Waals surface area contributed by atoms with Gasteiger partial charge in [0.25, 0.3) is 5.91 Å². The fourth-order valence-corrected chi connectivity index (χ4v) is 4.53. The van der Waals surface area contributed by atoms with Crippen LogP contribution in [0.2, 0.25) is 0 Å². The second-order valence-electron chi connectivity index (χ2n) is 9.15. The number of nitrogen functional groups attached to an aromatic ring is 1. The van der Waals surface area contributed by atoms with E-state index in [0.717, 1.165) is 22.4 Å². The monoisotopic (exact) mass is 469 g/mol. The topological polar surface area (TPSA) is 133 Å². The Kier molecular flexibility index (Phi) is 6.58. The number of hydrogen-bond donors (Lipinski definition) is 4. The van der Waals surface area contributed by atoms with Crippen LogP contribution in [0.3, 0.4) is 0 Å². The number of amides is 1. The number of carbonyl (C=O) groups excluding carboxylic acids is 1. The molecule has 2 aromatic heterocycles. The van der Waals surface area contributed by atoms with Crippen LogP contribution in [0.15, 0.2) is 47.5 Å². The van der Waals surface area contributed by atoms with E-state index >= 15 is 0 Å². The molecule has 3 rings (SSSR count). The van der Waals surface area contributed by atoms with Crippen LogP contribution in [0, 0.1) is 20.8 Å². The number of benzene rings is 1. The third-order valence-corrected chi connectivity index (χ3v) is 6.51. The molecule has 0 aliphatic heterocycles. The molecule has 33 heavy (non-hydrogen) atoms. The first-order chi connectivity index (χ1) is 15.3. The minimum absolute atomic E-state index is 0.00260. The molecule has 0 radical (unpaired) electrons. The highest BCUT2D eigenvalue weighted by Gasteiger charge is 2.25. The van der Waals surface area contributed by atoms with Gasteiger partial charge >= 0.3 is 0 Å². The van der Waals surface area contributed by atoms with E-state index in [1.54, 1.807) is 24.3 Å². The second kappa shape index (κ2) is 8.92. The van der Waals surface area contributed by atoms with Crippen LogP contribution in [-0.4, -0.2) is 20.1 Å². The number of thiol groups is 1. The molecule has 0 fully saturated rings. The number of hydrogen-bond acceptors (Lipinski definition) is 6. The number of ether oxygens (including phenoxy) is 1. The van der Waals surface area contributed by atoms with Gasteiger partial charge in [0.1, 0.15) is 22.2 Å². The van der Waals surface area contributed by atoms with Gasteiger partial charge in [-0.3, -0.25) is 14.7 Å². The smallest absolute Gasteiger partial charge is 0.268 e. The fraction of sp³-hybridized carbons (Fsp3) is 0.292. The zero-order valence-corrected chi connectivity index (χ0v) is 20.7. The van der Waals surface area contributed by atoms with E-state index in [2.05, 4.69) is 14.7 Å². The van der Waals surface area contributed by atoms with Crippen molar-refractivity contribution in [2.75, 3.05) is 5.73 Å². The van der Waals surface area contributed by atoms with Crippen molar-refractivity contribution in [3.63, 3.8) is 0 Å². The lowest BCUT2D eigenvalue weighted by molar-refractivity contribution is 0.0978. The number of rotatable bonds is 5. The van der Waals surface area contributed by atoms with Gasteiger partial charge in [-0.1, -0.05) is 44.5 Å². The zero-order valence-electron chi connectivity index (χ0n) is 19.8. The summed E-state index contributed by atoms with van der Waals surface area (Å²) in [5, 5.41) is 5.96. The molecule has 0 atom stereocenters. The van der Waals surface area contributed by atoms with Crippen LogP contribution in [0.5, 0.6) is 11.6 Å². The quantitative estimate of drug-likeness (QED) is 0.421. The molecule has 9 heteroatoms. The summed E-state index contributed by atoms with van der Waals surface area (Å²) in [7, 11) is -3.84. The lowest BCUT2D eigenvalue weighted by Crippen LogP contribution is -2.43. The molecule has 0 saturated carbocycles. The van der Waals surface area contributed by atoms with Crippen molar-refractivity contribution in [3.8, 4) is 11.6 Å². The van der Waals surface area contributed by atoms with Crippen LogP contribution in [0.1, 0.15) is 53.5 Å². The molecule has 0 bridgehead atoms. The summed E-state index contributed by atoms with van der Waals surface area (Å²) in [5.41, 5.74) is 9.17. The minimum Gasteiger partial charge on any atom is -0.438 e. The molecule has 8 nitrogen and oxygen atoms in total. The number of anilines is 1. The Morgan fingerprint density at radius 2 is 1.67 bits per heavy atom. The number of pyridine rings is 2. The van der Waals surface area contributed by atoms with Crippen molar-refractivity contribution in [1.82, 2.24) is 14.7 Å².